The Balaban J connectivity index is 1.59. The van der Waals surface area contributed by atoms with Crippen LogP contribution in [0.15, 0.2) is 58.7 Å². The molecule has 2 fully saturated rings. The van der Waals surface area contributed by atoms with Crippen LogP contribution in [0.3, 0.4) is 0 Å². The van der Waals surface area contributed by atoms with E-state index in [2.05, 4.69) is 0 Å². The molecule has 3 aliphatic heterocycles. The maximum atomic E-state index is 13.9. The molecule has 0 bridgehead atoms. The zero-order valence-corrected chi connectivity index (χ0v) is 44.1. The highest BCUT2D eigenvalue weighted by Gasteiger charge is 2.53. The van der Waals surface area contributed by atoms with Gasteiger partial charge in [-0.1, -0.05) is 93.8 Å². The maximum absolute atomic E-state index is 13.9. The molecule has 0 aromatic heterocycles. The van der Waals surface area contributed by atoms with E-state index in [1.54, 1.807) is 66.7 Å². The van der Waals surface area contributed by atoms with Crippen molar-refractivity contribution >= 4 is 41.1 Å². The van der Waals surface area contributed by atoms with Gasteiger partial charge in [-0.3, -0.25) is 4.79 Å². The number of rotatable bonds is 12. The number of halogens is 2. The lowest BCUT2D eigenvalue weighted by Crippen LogP contribution is -2.64. The molecule has 4 rings (SSSR count). The number of ether oxygens (including phenoxy) is 7. The van der Waals surface area contributed by atoms with Crippen molar-refractivity contribution in [3.63, 3.8) is 0 Å². The fraction of sp³-hybridized carbons (Fsp3) is 0.635. The fourth-order valence-electron chi connectivity index (χ4n) is 8.57. The number of aliphatic hydroxyl groups excluding tert-OH is 5. The van der Waals surface area contributed by atoms with Crippen LogP contribution in [-0.4, -0.2) is 139 Å². The van der Waals surface area contributed by atoms with Gasteiger partial charge in [0, 0.05) is 18.3 Å². The highest BCUT2D eigenvalue weighted by molar-refractivity contribution is 6.39. The number of hydrogen-bond acceptors (Lipinski definition) is 17. The number of aromatic hydroxyl groups is 2. The third-order valence-electron chi connectivity index (χ3n) is 13.1. The van der Waals surface area contributed by atoms with Crippen LogP contribution in [0.1, 0.15) is 118 Å². The van der Waals surface area contributed by atoms with Gasteiger partial charge in [-0.25, -0.2) is 9.59 Å². The van der Waals surface area contributed by atoms with Crippen LogP contribution in [0.25, 0.3) is 0 Å². The summed E-state index contributed by atoms with van der Waals surface area (Å²) in [4.78, 5) is 39.9. The Bertz CT molecular complexity index is 2200. The number of phenols is 2. The van der Waals surface area contributed by atoms with E-state index in [-0.39, 0.29) is 53.5 Å². The standard InChI is InChI=1S/C52H74Cl2O17/c1-13-31-22-26(6)34(56)18-16-15-17-32(23-65-50-28(8)39(57)45(30(10)66-50)68-49(64)36-33(14-2)37(53)41(59)38(54)40(36)58)48(63)67-35(29(9)55)20-19-25(5)21-27(7)44(31)69-51-43(61)42(60)46(52(11,12)71-51)70-47(62)24(3)4/h15-17,19,21-22,24,28-31,34-35,39,42-46,50-51,55-61H,13-14,18,20,23H2,1-12H3/b16-15+,25-19+,26-22+,27-21+,32-17+/t28-,29-,30+,31+,34+,35?,39+,42-,43+,44+,45+,46?,50+,51-/m1/s1. The normalized spacial score (nSPS) is 35.2. The molecule has 14 atom stereocenters. The third kappa shape index (κ3) is 14.7. The molecule has 0 radical (unpaired) electrons. The van der Waals surface area contributed by atoms with Crippen molar-refractivity contribution in [1.82, 2.24) is 0 Å². The Labute approximate surface area is 426 Å². The molecule has 0 amide bonds. The first-order valence-corrected chi connectivity index (χ1v) is 24.9. The van der Waals surface area contributed by atoms with E-state index in [1.165, 1.54) is 19.9 Å². The van der Waals surface area contributed by atoms with Gasteiger partial charge in [-0.05, 0) is 90.5 Å². The van der Waals surface area contributed by atoms with Gasteiger partial charge in [0.1, 0.15) is 40.6 Å². The molecule has 0 saturated carbocycles. The minimum absolute atomic E-state index is 0.0113. The summed E-state index contributed by atoms with van der Waals surface area (Å²) in [5, 5.41) is 76.4. The van der Waals surface area contributed by atoms with E-state index in [0.29, 0.717) is 23.1 Å². The van der Waals surface area contributed by atoms with Crippen molar-refractivity contribution in [2.24, 2.45) is 17.8 Å². The van der Waals surface area contributed by atoms with Gasteiger partial charge in [-0.2, -0.15) is 0 Å². The number of benzene rings is 1. The first-order chi connectivity index (χ1) is 33.2. The summed E-state index contributed by atoms with van der Waals surface area (Å²) in [5.74, 6) is -5.48. The lowest BCUT2D eigenvalue weighted by molar-refractivity contribution is -0.333. The van der Waals surface area contributed by atoms with Crippen LogP contribution in [0.5, 0.6) is 11.5 Å². The molecule has 0 aliphatic carbocycles. The van der Waals surface area contributed by atoms with Crippen molar-refractivity contribution in [2.75, 3.05) is 6.61 Å². The molecule has 1 aromatic carbocycles. The average Bonchev–Trinajstić information content (AvgIpc) is 3.31. The van der Waals surface area contributed by atoms with Gasteiger partial charge in [0.15, 0.2) is 36.3 Å². The van der Waals surface area contributed by atoms with E-state index in [9.17, 15) is 50.1 Å². The molecule has 3 aliphatic rings. The van der Waals surface area contributed by atoms with Crippen molar-refractivity contribution < 1.29 is 83.3 Å². The van der Waals surface area contributed by atoms with Crippen molar-refractivity contribution in [3.05, 3.63) is 79.9 Å². The summed E-state index contributed by atoms with van der Waals surface area (Å²) in [7, 11) is 0. The third-order valence-corrected chi connectivity index (χ3v) is 13.8. The Hall–Kier alpha value is -3.85. The number of phenolic OH excluding ortho intramolecular Hbond substituents is 2. The van der Waals surface area contributed by atoms with Crippen molar-refractivity contribution in [1.29, 1.82) is 0 Å². The van der Waals surface area contributed by atoms with Crippen LogP contribution in [0, 0.1) is 17.8 Å². The van der Waals surface area contributed by atoms with Crippen LogP contribution < -0.4 is 0 Å². The SMILES string of the molecule is CCc1c(Cl)c(O)c(Cl)c(O)c1C(=O)O[C@@H]1[C@@H](O)[C@@H](C)[C@@H](OC/C2=C\C=C\C[C@H](O)/C(C)=C/[C@H](CC)[C@@H](O[C@@H]3OC(C)(C)C(OC(=O)C(C)C)[C@H](O)[C@@H]3O)/C(C)=C/C(C)=C/CC([C@@H](C)O)OC2=O)O[C@H]1C. The summed E-state index contributed by atoms with van der Waals surface area (Å²) in [5.41, 5.74) is 0.470. The first kappa shape index (κ1) is 59.7. The van der Waals surface area contributed by atoms with E-state index < -0.39 is 125 Å². The molecule has 398 valence electrons. The zero-order chi connectivity index (χ0) is 53.4. The number of carbonyl (C=O) groups is 3. The predicted molar refractivity (Wildman–Crippen MR) is 263 cm³/mol. The Morgan fingerprint density at radius 3 is 2.17 bits per heavy atom. The maximum Gasteiger partial charge on any atom is 0.342 e. The quantitative estimate of drug-likeness (QED) is 0.0641. The lowest BCUT2D eigenvalue weighted by Gasteiger charge is -2.47. The van der Waals surface area contributed by atoms with Gasteiger partial charge >= 0.3 is 17.9 Å². The second-order valence-corrected chi connectivity index (χ2v) is 20.3. The minimum atomic E-state index is -1.60. The molecule has 1 aromatic rings. The molecular formula is C52H74Cl2O17. The molecule has 17 nitrogen and oxygen atoms in total. The Morgan fingerprint density at radius 2 is 1.56 bits per heavy atom. The summed E-state index contributed by atoms with van der Waals surface area (Å²) in [6, 6.07) is 0. The zero-order valence-electron chi connectivity index (χ0n) is 42.6. The van der Waals surface area contributed by atoms with Crippen LogP contribution in [-0.2, 0) is 49.2 Å². The van der Waals surface area contributed by atoms with Crippen molar-refractivity contribution in [2.45, 2.75) is 188 Å². The van der Waals surface area contributed by atoms with Gasteiger partial charge in [0.2, 0.25) is 0 Å². The van der Waals surface area contributed by atoms with E-state index in [4.69, 9.17) is 56.4 Å². The van der Waals surface area contributed by atoms with Crippen LogP contribution >= 0.6 is 23.2 Å². The van der Waals surface area contributed by atoms with Gasteiger partial charge in [0.05, 0.1) is 47.5 Å². The molecule has 2 saturated heterocycles. The summed E-state index contributed by atoms with van der Waals surface area (Å²) < 4.78 is 42.1. The number of carbonyl (C=O) groups excluding carboxylic acids is 3. The number of hydrogen-bond donors (Lipinski definition) is 7. The average molecular weight is 1040 g/mol. The van der Waals surface area contributed by atoms with Crippen LogP contribution in [0.4, 0.5) is 0 Å². The summed E-state index contributed by atoms with van der Waals surface area (Å²) >= 11 is 12.3. The largest absolute Gasteiger partial charge is 0.505 e. The fourth-order valence-corrected chi connectivity index (χ4v) is 9.13. The molecular weight excluding hydrogens is 967 g/mol. The number of allylic oxidation sites excluding steroid dienone is 4. The van der Waals surface area contributed by atoms with Gasteiger partial charge < -0.3 is 68.9 Å². The number of esters is 3. The van der Waals surface area contributed by atoms with Crippen LogP contribution in [0.2, 0.25) is 10.0 Å². The highest BCUT2D eigenvalue weighted by atomic mass is 35.5. The van der Waals surface area contributed by atoms with E-state index >= 15 is 0 Å². The first-order valence-electron chi connectivity index (χ1n) is 24.1. The minimum Gasteiger partial charge on any atom is -0.505 e. The second kappa shape index (κ2) is 25.9. The lowest BCUT2D eigenvalue weighted by atomic mass is 9.88. The monoisotopic (exact) mass is 1040 g/mol. The molecule has 71 heavy (non-hydrogen) atoms. The summed E-state index contributed by atoms with van der Waals surface area (Å²) in [6.07, 6.45) is -3.27. The molecule has 19 heteroatoms. The topological polar surface area (TPSA) is 257 Å². The predicted octanol–water partition coefficient (Wildman–Crippen LogP) is 6.86. The Morgan fingerprint density at radius 1 is 0.901 bits per heavy atom. The van der Waals surface area contributed by atoms with E-state index in [1.807, 2.05) is 32.9 Å². The highest BCUT2D eigenvalue weighted by Crippen LogP contribution is 2.45. The summed E-state index contributed by atoms with van der Waals surface area (Å²) in [6.45, 7) is 19.8. The van der Waals surface area contributed by atoms with Crippen molar-refractivity contribution in [3.8, 4) is 11.5 Å². The number of cyclic esters (lactones) is 1. The smallest absolute Gasteiger partial charge is 0.342 e. The van der Waals surface area contributed by atoms with Gasteiger partial charge in [0.25, 0.3) is 0 Å². The Kier molecular flexibility index (Phi) is 21.8. The number of aliphatic hydroxyl groups is 5. The molecule has 7 N–H and O–H groups in total. The molecule has 0 spiro atoms. The van der Waals surface area contributed by atoms with E-state index in [0.717, 1.165) is 0 Å². The molecule has 3 heterocycles. The second-order valence-electron chi connectivity index (χ2n) is 19.5. The molecule has 2 unspecified atom stereocenters. The van der Waals surface area contributed by atoms with Gasteiger partial charge in [-0.15, -0.1) is 0 Å².